The molecule has 0 aliphatic heterocycles. The van der Waals surface area contributed by atoms with Crippen LogP contribution < -0.4 is 5.73 Å². The van der Waals surface area contributed by atoms with Gasteiger partial charge in [-0.1, -0.05) is 12.1 Å². The van der Waals surface area contributed by atoms with Crippen molar-refractivity contribution in [3.8, 4) is 0 Å². The van der Waals surface area contributed by atoms with E-state index < -0.39 is 0 Å². The topological polar surface area (TPSA) is 43.8 Å². The molecule has 0 aliphatic carbocycles. The molecule has 0 amide bonds. The number of nitrogens with two attached hydrogens (primary N) is 1. The number of halogens is 1. The molecule has 0 bridgehead atoms. The third-order valence-corrected chi connectivity index (χ3v) is 3.36. The van der Waals surface area contributed by atoms with Crippen molar-refractivity contribution in [2.24, 2.45) is 12.8 Å². The molecule has 18 heavy (non-hydrogen) atoms. The molecular formula is C14H18FN3. The highest BCUT2D eigenvalue weighted by molar-refractivity contribution is 5.28. The zero-order valence-electron chi connectivity index (χ0n) is 10.9. The molecule has 1 unspecified atom stereocenters. The molecular weight excluding hydrogens is 229 g/mol. The van der Waals surface area contributed by atoms with E-state index in [2.05, 4.69) is 5.10 Å². The third kappa shape index (κ3) is 2.43. The van der Waals surface area contributed by atoms with Gasteiger partial charge in [-0.2, -0.15) is 5.10 Å². The van der Waals surface area contributed by atoms with Crippen LogP contribution in [-0.2, 0) is 13.5 Å². The summed E-state index contributed by atoms with van der Waals surface area (Å²) in [5.74, 6) is -0.248. The summed E-state index contributed by atoms with van der Waals surface area (Å²) >= 11 is 0. The van der Waals surface area contributed by atoms with Gasteiger partial charge in [0.2, 0.25) is 0 Å². The van der Waals surface area contributed by atoms with E-state index >= 15 is 0 Å². The van der Waals surface area contributed by atoms with Crippen molar-refractivity contribution >= 4 is 0 Å². The second-order valence-corrected chi connectivity index (χ2v) is 4.64. The number of aryl methyl sites for hydroxylation is 2. The first-order chi connectivity index (χ1) is 8.49. The molecule has 0 radical (unpaired) electrons. The molecule has 0 aliphatic rings. The van der Waals surface area contributed by atoms with Gasteiger partial charge < -0.3 is 5.73 Å². The quantitative estimate of drug-likeness (QED) is 0.905. The van der Waals surface area contributed by atoms with Gasteiger partial charge in [0.1, 0.15) is 5.82 Å². The molecule has 1 aromatic carbocycles. The average Bonchev–Trinajstić information content (AvgIpc) is 2.56. The van der Waals surface area contributed by atoms with Crippen molar-refractivity contribution in [1.82, 2.24) is 9.78 Å². The van der Waals surface area contributed by atoms with E-state index in [-0.39, 0.29) is 11.9 Å². The molecule has 2 rings (SSSR count). The Hall–Kier alpha value is -1.68. The van der Waals surface area contributed by atoms with E-state index in [4.69, 9.17) is 5.73 Å². The summed E-state index contributed by atoms with van der Waals surface area (Å²) in [5.41, 5.74) is 10.2. The molecule has 2 N–H and O–H groups in total. The van der Waals surface area contributed by atoms with Gasteiger partial charge >= 0.3 is 0 Å². The largest absolute Gasteiger partial charge is 0.324 e. The Balaban J connectivity index is 2.24. The lowest BCUT2D eigenvalue weighted by Gasteiger charge is -2.12. The lowest BCUT2D eigenvalue weighted by atomic mass is 9.98. The van der Waals surface area contributed by atoms with Crippen molar-refractivity contribution in [2.45, 2.75) is 26.3 Å². The van der Waals surface area contributed by atoms with Gasteiger partial charge in [-0.05, 0) is 43.5 Å². The van der Waals surface area contributed by atoms with Crippen LogP contribution in [0.3, 0.4) is 0 Å². The second kappa shape index (κ2) is 4.90. The minimum Gasteiger partial charge on any atom is -0.324 e. The Morgan fingerprint density at radius 3 is 2.67 bits per heavy atom. The highest BCUT2D eigenvalue weighted by atomic mass is 19.1. The Kier molecular flexibility index (Phi) is 3.48. The van der Waals surface area contributed by atoms with Crippen molar-refractivity contribution in [3.05, 3.63) is 52.6 Å². The van der Waals surface area contributed by atoms with Crippen molar-refractivity contribution in [2.75, 3.05) is 0 Å². The van der Waals surface area contributed by atoms with Crippen LogP contribution in [0.1, 0.15) is 28.6 Å². The summed E-state index contributed by atoms with van der Waals surface area (Å²) in [5, 5.41) is 4.36. The maximum absolute atomic E-state index is 13.2. The number of rotatable bonds is 3. The molecule has 1 heterocycles. The zero-order valence-corrected chi connectivity index (χ0v) is 10.9. The summed E-state index contributed by atoms with van der Waals surface area (Å²) in [4.78, 5) is 0. The first kappa shape index (κ1) is 12.8. The van der Waals surface area contributed by atoms with Crippen LogP contribution in [0.5, 0.6) is 0 Å². The fraction of sp³-hybridized carbons (Fsp3) is 0.357. The second-order valence-electron chi connectivity index (χ2n) is 4.64. The summed E-state index contributed by atoms with van der Waals surface area (Å²) in [7, 11) is 1.92. The first-order valence-corrected chi connectivity index (χ1v) is 5.99. The molecule has 3 nitrogen and oxygen atoms in total. The SMILES string of the molecule is Cc1nn(C)c(C)c1CC(N)c1cccc(F)c1. The van der Waals surface area contributed by atoms with Crippen LogP contribution in [0.2, 0.25) is 0 Å². The van der Waals surface area contributed by atoms with Gasteiger partial charge in [0, 0.05) is 18.8 Å². The number of benzene rings is 1. The fourth-order valence-corrected chi connectivity index (χ4v) is 2.19. The lowest BCUT2D eigenvalue weighted by Crippen LogP contribution is -2.14. The standard InChI is InChI=1S/C14H18FN3/c1-9-13(10(2)18(3)17-9)8-14(16)11-5-4-6-12(15)7-11/h4-7,14H,8,16H2,1-3H3. The molecule has 4 heteroatoms. The van der Waals surface area contributed by atoms with Gasteiger partial charge in [0.15, 0.2) is 0 Å². The van der Waals surface area contributed by atoms with Gasteiger partial charge in [-0.25, -0.2) is 4.39 Å². The van der Waals surface area contributed by atoms with Crippen LogP contribution in [0.4, 0.5) is 4.39 Å². The molecule has 0 saturated heterocycles. The molecule has 96 valence electrons. The highest BCUT2D eigenvalue weighted by Crippen LogP contribution is 2.21. The molecule has 0 spiro atoms. The fourth-order valence-electron chi connectivity index (χ4n) is 2.19. The Labute approximate surface area is 106 Å². The van der Waals surface area contributed by atoms with E-state index in [9.17, 15) is 4.39 Å². The van der Waals surface area contributed by atoms with Crippen molar-refractivity contribution in [3.63, 3.8) is 0 Å². The number of hydrogen-bond acceptors (Lipinski definition) is 2. The summed E-state index contributed by atoms with van der Waals surface area (Å²) in [6.45, 7) is 3.99. The molecule has 2 aromatic rings. The maximum atomic E-state index is 13.2. The Morgan fingerprint density at radius 2 is 2.11 bits per heavy atom. The number of nitrogens with zero attached hydrogens (tertiary/aromatic N) is 2. The normalized spacial score (nSPS) is 12.7. The van der Waals surface area contributed by atoms with Gasteiger partial charge in [0.25, 0.3) is 0 Å². The minimum absolute atomic E-state index is 0.206. The van der Waals surface area contributed by atoms with E-state index in [0.29, 0.717) is 6.42 Å². The minimum atomic E-state index is -0.248. The van der Waals surface area contributed by atoms with Crippen LogP contribution in [0, 0.1) is 19.7 Å². The van der Waals surface area contributed by atoms with Gasteiger partial charge in [-0.3, -0.25) is 4.68 Å². The van der Waals surface area contributed by atoms with Crippen molar-refractivity contribution < 1.29 is 4.39 Å². The van der Waals surface area contributed by atoms with Gasteiger partial charge in [-0.15, -0.1) is 0 Å². The van der Waals surface area contributed by atoms with E-state index in [1.165, 1.54) is 12.1 Å². The Bertz CT molecular complexity index is 560. The van der Waals surface area contributed by atoms with E-state index in [1.807, 2.05) is 31.6 Å². The number of hydrogen-bond donors (Lipinski definition) is 1. The summed E-state index contributed by atoms with van der Waals surface area (Å²) in [6.07, 6.45) is 0.676. The predicted molar refractivity (Wildman–Crippen MR) is 69.7 cm³/mol. The summed E-state index contributed by atoms with van der Waals surface area (Å²) in [6, 6.07) is 6.26. The highest BCUT2D eigenvalue weighted by Gasteiger charge is 2.14. The average molecular weight is 247 g/mol. The van der Waals surface area contributed by atoms with Crippen LogP contribution in [0.25, 0.3) is 0 Å². The molecule has 0 saturated carbocycles. The van der Waals surface area contributed by atoms with Crippen LogP contribution >= 0.6 is 0 Å². The maximum Gasteiger partial charge on any atom is 0.123 e. The smallest absolute Gasteiger partial charge is 0.123 e. The van der Waals surface area contributed by atoms with Crippen LogP contribution in [-0.4, -0.2) is 9.78 Å². The van der Waals surface area contributed by atoms with E-state index in [0.717, 1.165) is 22.5 Å². The number of aromatic nitrogens is 2. The third-order valence-electron chi connectivity index (χ3n) is 3.36. The molecule has 1 aromatic heterocycles. The summed E-state index contributed by atoms with van der Waals surface area (Å²) < 4.78 is 15.0. The van der Waals surface area contributed by atoms with Gasteiger partial charge in [0.05, 0.1) is 5.69 Å². The Morgan fingerprint density at radius 1 is 1.39 bits per heavy atom. The molecule has 1 atom stereocenters. The predicted octanol–water partition coefficient (Wildman–Crippen LogP) is 2.42. The van der Waals surface area contributed by atoms with Crippen LogP contribution in [0.15, 0.2) is 24.3 Å². The van der Waals surface area contributed by atoms with E-state index in [1.54, 1.807) is 6.07 Å². The lowest BCUT2D eigenvalue weighted by molar-refractivity contribution is 0.618. The monoisotopic (exact) mass is 247 g/mol. The molecule has 0 fully saturated rings. The zero-order chi connectivity index (χ0) is 13.3. The van der Waals surface area contributed by atoms with Crippen molar-refractivity contribution in [1.29, 1.82) is 0 Å². The first-order valence-electron chi connectivity index (χ1n) is 5.99.